The molecule has 2 aromatic rings. The number of aromatic nitrogens is 2. The Morgan fingerprint density at radius 3 is 2.65 bits per heavy atom. The lowest BCUT2D eigenvalue weighted by Crippen LogP contribution is -2.31. The minimum absolute atomic E-state index is 0.0143. The van der Waals surface area contributed by atoms with Gasteiger partial charge in [0.15, 0.2) is 5.16 Å². The summed E-state index contributed by atoms with van der Waals surface area (Å²) < 4.78 is 2.01. The topological polar surface area (TPSA) is 46.9 Å². The van der Waals surface area contributed by atoms with Crippen LogP contribution in [0.4, 0.5) is 0 Å². The van der Waals surface area contributed by atoms with Gasteiger partial charge in [0, 0.05) is 24.6 Å². The van der Waals surface area contributed by atoms with Crippen LogP contribution in [0.1, 0.15) is 32.3 Å². The molecule has 1 N–H and O–H groups in total. The first-order valence-corrected chi connectivity index (χ1v) is 8.59. The molecule has 0 radical (unpaired) electrons. The molecule has 0 saturated carbocycles. The van der Waals surface area contributed by atoms with E-state index >= 15 is 0 Å². The van der Waals surface area contributed by atoms with Crippen LogP contribution in [0.5, 0.6) is 0 Å². The van der Waals surface area contributed by atoms with Gasteiger partial charge in [-0.1, -0.05) is 43.8 Å². The highest BCUT2D eigenvalue weighted by Crippen LogP contribution is 2.25. The van der Waals surface area contributed by atoms with E-state index in [0.717, 1.165) is 10.8 Å². The van der Waals surface area contributed by atoms with E-state index < -0.39 is 0 Å². The number of hydrogen-bond acceptors (Lipinski definition) is 3. The molecule has 23 heavy (non-hydrogen) atoms. The van der Waals surface area contributed by atoms with Crippen LogP contribution in [-0.4, -0.2) is 27.3 Å². The Hall–Kier alpha value is -2.01. The van der Waals surface area contributed by atoms with Crippen LogP contribution in [0, 0.1) is 0 Å². The van der Waals surface area contributed by atoms with Gasteiger partial charge in [0.25, 0.3) is 0 Å². The van der Waals surface area contributed by atoms with Crippen LogP contribution in [0.3, 0.4) is 0 Å². The van der Waals surface area contributed by atoms with Gasteiger partial charge in [-0.2, -0.15) is 0 Å². The lowest BCUT2D eigenvalue weighted by Gasteiger charge is -2.13. The normalized spacial score (nSPS) is 12.2. The highest BCUT2D eigenvalue weighted by Gasteiger charge is 2.17. The fraction of sp³-hybridized carbons (Fsp3) is 0.333. The third-order valence-corrected chi connectivity index (χ3v) is 4.60. The Labute approximate surface area is 142 Å². The van der Waals surface area contributed by atoms with Crippen molar-refractivity contribution < 1.29 is 4.79 Å². The van der Waals surface area contributed by atoms with Crippen LogP contribution in [0.25, 0.3) is 5.69 Å². The van der Waals surface area contributed by atoms with Crippen molar-refractivity contribution in [2.24, 2.45) is 0 Å². The Balaban J connectivity index is 2.13. The van der Waals surface area contributed by atoms with E-state index in [1.807, 2.05) is 17.7 Å². The minimum atomic E-state index is -0.217. The second kappa shape index (κ2) is 8.02. The molecule has 1 aromatic heterocycles. The number of amides is 1. The SMILES string of the molecule is C=CCNC(=O)C(C)Sc1nccn1-c1ccc(C(C)C)cc1. The molecule has 0 saturated heterocycles. The predicted molar refractivity (Wildman–Crippen MR) is 96.2 cm³/mol. The molecule has 1 heterocycles. The van der Waals surface area contributed by atoms with Gasteiger partial charge in [-0.15, -0.1) is 6.58 Å². The number of imidazole rings is 1. The minimum Gasteiger partial charge on any atom is -0.352 e. The first-order valence-electron chi connectivity index (χ1n) is 7.72. The molecule has 1 amide bonds. The summed E-state index contributed by atoms with van der Waals surface area (Å²) in [7, 11) is 0. The monoisotopic (exact) mass is 329 g/mol. The summed E-state index contributed by atoms with van der Waals surface area (Å²) in [5, 5.41) is 3.40. The first-order chi connectivity index (χ1) is 11.0. The zero-order valence-electron chi connectivity index (χ0n) is 13.8. The van der Waals surface area contributed by atoms with E-state index in [-0.39, 0.29) is 11.2 Å². The van der Waals surface area contributed by atoms with E-state index in [4.69, 9.17) is 0 Å². The van der Waals surface area contributed by atoms with Gasteiger partial charge in [-0.3, -0.25) is 9.36 Å². The maximum Gasteiger partial charge on any atom is 0.233 e. The Bertz CT molecular complexity index is 661. The molecule has 0 aliphatic carbocycles. The molecule has 4 nitrogen and oxygen atoms in total. The fourth-order valence-electron chi connectivity index (χ4n) is 2.12. The van der Waals surface area contributed by atoms with Crippen molar-refractivity contribution in [2.45, 2.75) is 37.1 Å². The maximum atomic E-state index is 12.0. The number of thioether (sulfide) groups is 1. The van der Waals surface area contributed by atoms with Gasteiger partial charge in [0.05, 0.1) is 5.25 Å². The van der Waals surface area contributed by atoms with E-state index in [0.29, 0.717) is 12.5 Å². The van der Waals surface area contributed by atoms with Gasteiger partial charge in [-0.25, -0.2) is 4.98 Å². The molecule has 2 rings (SSSR count). The Morgan fingerprint density at radius 2 is 2.04 bits per heavy atom. The van der Waals surface area contributed by atoms with Crippen molar-refractivity contribution in [2.75, 3.05) is 6.54 Å². The first kappa shape index (κ1) is 17.3. The van der Waals surface area contributed by atoms with Crippen LogP contribution < -0.4 is 5.32 Å². The van der Waals surface area contributed by atoms with Gasteiger partial charge >= 0.3 is 0 Å². The van der Waals surface area contributed by atoms with Gasteiger partial charge in [0.2, 0.25) is 5.91 Å². The highest BCUT2D eigenvalue weighted by molar-refractivity contribution is 8.00. The molecule has 0 fully saturated rings. The van der Waals surface area contributed by atoms with E-state index in [1.165, 1.54) is 17.3 Å². The molecule has 1 aromatic carbocycles. The molecule has 0 aliphatic rings. The number of hydrogen-bond donors (Lipinski definition) is 1. The lowest BCUT2D eigenvalue weighted by molar-refractivity contribution is -0.120. The van der Waals surface area contributed by atoms with Crippen LogP contribution in [-0.2, 0) is 4.79 Å². The smallest absolute Gasteiger partial charge is 0.233 e. The summed E-state index contributed by atoms with van der Waals surface area (Å²) in [5.74, 6) is 0.494. The van der Waals surface area contributed by atoms with Crippen LogP contribution >= 0.6 is 11.8 Å². The Kier molecular flexibility index (Phi) is 6.04. The molecule has 0 bridgehead atoms. The summed E-state index contributed by atoms with van der Waals surface area (Å²) in [6.45, 7) is 10.3. The van der Waals surface area contributed by atoms with Crippen molar-refractivity contribution in [1.29, 1.82) is 0 Å². The van der Waals surface area contributed by atoms with Crippen molar-refractivity contribution in [3.05, 3.63) is 54.9 Å². The van der Waals surface area contributed by atoms with Crippen molar-refractivity contribution in [3.8, 4) is 5.69 Å². The van der Waals surface area contributed by atoms with Gasteiger partial charge in [0.1, 0.15) is 0 Å². The van der Waals surface area contributed by atoms with Gasteiger partial charge < -0.3 is 5.32 Å². The number of rotatable bonds is 7. The zero-order chi connectivity index (χ0) is 16.8. The number of carbonyl (C=O) groups excluding carboxylic acids is 1. The highest BCUT2D eigenvalue weighted by atomic mass is 32.2. The second-order valence-electron chi connectivity index (χ2n) is 5.62. The van der Waals surface area contributed by atoms with Crippen molar-refractivity contribution >= 4 is 17.7 Å². The molecular formula is C18H23N3OS. The number of nitrogens with zero attached hydrogens (tertiary/aromatic N) is 2. The van der Waals surface area contributed by atoms with E-state index in [9.17, 15) is 4.79 Å². The largest absolute Gasteiger partial charge is 0.352 e. The number of nitrogens with one attached hydrogen (secondary N) is 1. The average Bonchev–Trinajstić information content (AvgIpc) is 3.00. The fourth-order valence-corrected chi connectivity index (χ4v) is 3.03. The van der Waals surface area contributed by atoms with E-state index in [2.05, 4.69) is 55.0 Å². The summed E-state index contributed by atoms with van der Waals surface area (Å²) in [4.78, 5) is 16.4. The van der Waals surface area contributed by atoms with Crippen molar-refractivity contribution in [1.82, 2.24) is 14.9 Å². The molecule has 1 unspecified atom stereocenters. The quantitative estimate of drug-likeness (QED) is 0.621. The van der Waals surface area contributed by atoms with Crippen molar-refractivity contribution in [3.63, 3.8) is 0 Å². The Morgan fingerprint density at radius 1 is 1.35 bits per heavy atom. The van der Waals surface area contributed by atoms with Gasteiger partial charge in [-0.05, 0) is 30.5 Å². The lowest BCUT2D eigenvalue weighted by atomic mass is 10.0. The number of benzene rings is 1. The number of carbonyl (C=O) groups is 1. The predicted octanol–water partition coefficient (Wildman–Crippen LogP) is 3.78. The summed E-state index contributed by atoms with van der Waals surface area (Å²) in [6, 6.07) is 8.44. The van der Waals surface area contributed by atoms with E-state index in [1.54, 1.807) is 12.3 Å². The zero-order valence-corrected chi connectivity index (χ0v) is 14.6. The molecule has 5 heteroatoms. The molecule has 122 valence electrons. The maximum absolute atomic E-state index is 12.0. The third kappa shape index (κ3) is 4.48. The second-order valence-corrected chi connectivity index (χ2v) is 6.93. The molecular weight excluding hydrogens is 306 g/mol. The average molecular weight is 329 g/mol. The molecule has 1 atom stereocenters. The molecule has 0 spiro atoms. The third-order valence-electron chi connectivity index (χ3n) is 3.52. The summed E-state index contributed by atoms with van der Waals surface area (Å²) in [6.07, 6.45) is 5.35. The van der Waals surface area contributed by atoms with Crippen LogP contribution in [0.15, 0.2) is 54.5 Å². The summed E-state index contributed by atoms with van der Waals surface area (Å²) >= 11 is 1.45. The molecule has 0 aliphatic heterocycles. The standard InChI is InChI=1S/C18H23N3OS/c1-5-10-19-17(22)14(4)23-18-20-11-12-21(18)16-8-6-15(7-9-16)13(2)3/h5-9,11-14H,1,10H2,2-4H3,(H,19,22). The van der Waals surface area contributed by atoms with Crippen LogP contribution in [0.2, 0.25) is 0 Å². The summed E-state index contributed by atoms with van der Waals surface area (Å²) in [5.41, 5.74) is 2.35.